The number of hydrogen-bond acceptors (Lipinski definition) is 4. The minimum atomic E-state index is -0.223. The molecule has 0 aliphatic heterocycles. The second kappa shape index (κ2) is 16.8. The summed E-state index contributed by atoms with van der Waals surface area (Å²) < 4.78 is 0. The van der Waals surface area contributed by atoms with Crippen molar-refractivity contribution in [1.82, 2.24) is 15.0 Å². The zero-order chi connectivity index (χ0) is 40.0. The van der Waals surface area contributed by atoms with E-state index >= 15 is 0 Å². The number of allylic oxidation sites excluding steroid dienone is 4. The highest BCUT2D eigenvalue weighted by Gasteiger charge is 2.24. The van der Waals surface area contributed by atoms with Crippen molar-refractivity contribution in [2.24, 2.45) is 11.8 Å². The van der Waals surface area contributed by atoms with Gasteiger partial charge >= 0.3 is 0 Å². The Kier molecular flexibility index (Phi) is 10.5. The monoisotopic (exact) mass is 756 g/mol. The molecule has 7 aromatic carbocycles. The highest BCUT2D eigenvalue weighted by atomic mass is 15.0. The van der Waals surface area contributed by atoms with Gasteiger partial charge in [0.1, 0.15) is 0 Å². The van der Waals surface area contributed by atoms with Gasteiger partial charge in [-0.3, -0.25) is 0 Å². The van der Waals surface area contributed by atoms with Crippen LogP contribution in [0.4, 0.5) is 0 Å². The van der Waals surface area contributed by atoms with Gasteiger partial charge in [0, 0.05) is 22.6 Å². The molecule has 0 radical (unpaired) electrons. The highest BCUT2D eigenvalue weighted by Crippen LogP contribution is 2.40. The van der Waals surface area contributed by atoms with E-state index in [0.717, 1.165) is 66.8 Å². The quantitative estimate of drug-likeness (QED) is 0.138. The zero-order valence-electron chi connectivity index (χ0n) is 32.7. The molecule has 1 heterocycles. The van der Waals surface area contributed by atoms with Crippen LogP contribution in [0, 0.1) is 23.2 Å². The van der Waals surface area contributed by atoms with Crippen molar-refractivity contribution in [3.05, 3.63) is 240 Å². The molecule has 1 aliphatic rings. The smallest absolute Gasteiger partial charge is 0.164 e. The molecule has 59 heavy (non-hydrogen) atoms. The maximum atomic E-state index is 10.0. The van der Waals surface area contributed by atoms with E-state index < -0.39 is 0 Å². The van der Waals surface area contributed by atoms with Crippen molar-refractivity contribution >= 4 is 16.7 Å². The molecule has 0 fully saturated rings. The van der Waals surface area contributed by atoms with E-state index in [4.69, 9.17) is 15.0 Å². The van der Waals surface area contributed by atoms with Crippen LogP contribution in [0.25, 0.3) is 62.0 Å². The molecule has 280 valence electrons. The standard InChI is InChI=1S/C55H40N4/c1-38-46(37-56)28-17-29-50(38)48-34-47(35-49(36-48)55-58-53(44-24-13-5-14-25-44)57-54(59-55)45-26-15-6-16-27-45)39-30-32-43(33-31-39)52(42-22-11-4-12-23-42)51(40-18-7-2-8-19-40)41-20-9-3-10-21-41/h2-36,38,46H,1H3. The predicted octanol–water partition coefficient (Wildman–Crippen LogP) is 13.3. The Morgan fingerprint density at radius 2 is 0.814 bits per heavy atom. The maximum absolute atomic E-state index is 10.0. The fourth-order valence-corrected chi connectivity index (χ4v) is 7.89. The summed E-state index contributed by atoms with van der Waals surface area (Å²) >= 11 is 0. The Morgan fingerprint density at radius 1 is 0.424 bits per heavy atom. The fourth-order valence-electron chi connectivity index (χ4n) is 7.89. The fraction of sp³-hybridized carbons (Fsp3) is 0.0545. The minimum Gasteiger partial charge on any atom is -0.208 e. The number of hydrogen-bond donors (Lipinski definition) is 0. The Bertz CT molecular complexity index is 2760. The van der Waals surface area contributed by atoms with Crippen molar-refractivity contribution in [2.75, 3.05) is 0 Å². The molecule has 2 unspecified atom stereocenters. The largest absolute Gasteiger partial charge is 0.208 e. The number of rotatable bonds is 9. The van der Waals surface area contributed by atoms with Gasteiger partial charge in [-0.05, 0) is 73.9 Å². The van der Waals surface area contributed by atoms with E-state index in [-0.39, 0.29) is 11.8 Å². The third kappa shape index (κ3) is 7.83. The molecule has 4 nitrogen and oxygen atoms in total. The van der Waals surface area contributed by atoms with E-state index in [1.165, 1.54) is 5.57 Å². The summed E-state index contributed by atoms with van der Waals surface area (Å²) in [5.41, 5.74) is 13.8. The summed E-state index contributed by atoms with van der Waals surface area (Å²) in [6.07, 6.45) is 6.12. The second-order valence-electron chi connectivity index (χ2n) is 14.7. The average Bonchev–Trinajstić information content (AvgIpc) is 3.32. The SMILES string of the molecule is CC1C(c2cc(-c3ccc(C(=C(c4ccccc4)c4ccccc4)c4ccccc4)cc3)cc(-c3nc(-c4ccccc4)nc(-c4ccccc4)n3)c2)=CC=CC1C#N. The lowest BCUT2D eigenvalue weighted by Crippen LogP contribution is -2.12. The molecule has 0 amide bonds. The maximum Gasteiger partial charge on any atom is 0.164 e. The van der Waals surface area contributed by atoms with Crippen LogP contribution in [0.1, 0.15) is 34.7 Å². The van der Waals surface area contributed by atoms with E-state index in [1.54, 1.807) is 0 Å². The van der Waals surface area contributed by atoms with Crippen LogP contribution < -0.4 is 0 Å². The zero-order valence-corrected chi connectivity index (χ0v) is 32.7. The summed E-state index contributed by atoms with van der Waals surface area (Å²) in [5.74, 6) is 1.58. The molecule has 1 aliphatic carbocycles. The second-order valence-corrected chi connectivity index (χ2v) is 14.7. The lowest BCUT2D eigenvalue weighted by molar-refractivity contribution is 0.635. The third-order valence-electron chi connectivity index (χ3n) is 10.9. The van der Waals surface area contributed by atoms with E-state index in [0.29, 0.717) is 17.5 Å². The van der Waals surface area contributed by atoms with Crippen molar-refractivity contribution < 1.29 is 0 Å². The van der Waals surface area contributed by atoms with Crippen LogP contribution in [0.2, 0.25) is 0 Å². The summed E-state index contributed by atoms with van der Waals surface area (Å²) in [6.45, 7) is 2.13. The van der Waals surface area contributed by atoms with Gasteiger partial charge in [0.15, 0.2) is 17.5 Å². The first-order chi connectivity index (χ1) is 29.1. The van der Waals surface area contributed by atoms with Gasteiger partial charge < -0.3 is 0 Å². The average molecular weight is 757 g/mol. The van der Waals surface area contributed by atoms with Crippen LogP contribution in [0.15, 0.2) is 212 Å². The van der Waals surface area contributed by atoms with Crippen molar-refractivity contribution in [2.45, 2.75) is 6.92 Å². The van der Waals surface area contributed by atoms with Gasteiger partial charge in [-0.15, -0.1) is 0 Å². The van der Waals surface area contributed by atoms with Gasteiger partial charge in [0.25, 0.3) is 0 Å². The van der Waals surface area contributed by atoms with Gasteiger partial charge in [-0.2, -0.15) is 5.26 Å². The Morgan fingerprint density at radius 3 is 1.27 bits per heavy atom. The number of aromatic nitrogens is 3. The number of benzene rings is 7. The van der Waals surface area contributed by atoms with Crippen LogP contribution in [0.5, 0.6) is 0 Å². The van der Waals surface area contributed by atoms with Crippen LogP contribution in [-0.4, -0.2) is 15.0 Å². The summed E-state index contributed by atoms with van der Waals surface area (Å²) in [6, 6.07) is 70.0. The summed E-state index contributed by atoms with van der Waals surface area (Å²) in [4.78, 5) is 15.2. The molecule has 0 saturated heterocycles. The summed E-state index contributed by atoms with van der Waals surface area (Å²) in [5, 5.41) is 10.0. The van der Waals surface area contributed by atoms with Gasteiger partial charge in [0.2, 0.25) is 0 Å². The van der Waals surface area contributed by atoms with E-state index in [1.807, 2.05) is 72.8 Å². The Balaban J connectivity index is 1.23. The number of nitrogens with zero attached hydrogens (tertiary/aromatic N) is 4. The summed E-state index contributed by atoms with van der Waals surface area (Å²) in [7, 11) is 0. The van der Waals surface area contributed by atoms with Crippen molar-refractivity contribution in [3.8, 4) is 51.4 Å². The van der Waals surface area contributed by atoms with Crippen LogP contribution >= 0.6 is 0 Å². The molecule has 1 aromatic heterocycles. The first-order valence-corrected chi connectivity index (χ1v) is 19.9. The van der Waals surface area contributed by atoms with Crippen LogP contribution in [-0.2, 0) is 0 Å². The van der Waals surface area contributed by atoms with E-state index in [9.17, 15) is 5.26 Å². The Hall–Kier alpha value is -7.74. The van der Waals surface area contributed by atoms with Crippen molar-refractivity contribution in [1.29, 1.82) is 5.26 Å². The Labute approximate surface area is 345 Å². The molecule has 2 atom stereocenters. The molecule has 0 bridgehead atoms. The molecule has 0 N–H and O–H groups in total. The van der Waals surface area contributed by atoms with Gasteiger partial charge in [0.05, 0.1) is 12.0 Å². The normalized spacial score (nSPS) is 14.5. The first-order valence-electron chi connectivity index (χ1n) is 19.9. The van der Waals surface area contributed by atoms with Gasteiger partial charge in [-0.1, -0.05) is 201 Å². The lowest BCUT2D eigenvalue weighted by atomic mass is 9.80. The highest BCUT2D eigenvalue weighted by molar-refractivity contribution is 6.04. The van der Waals surface area contributed by atoms with Crippen LogP contribution in [0.3, 0.4) is 0 Å². The molecular formula is C55H40N4. The molecule has 4 heteroatoms. The van der Waals surface area contributed by atoms with Crippen molar-refractivity contribution in [3.63, 3.8) is 0 Å². The lowest BCUT2D eigenvalue weighted by Gasteiger charge is -2.23. The molecule has 0 spiro atoms. The third-order valence-corrected chi connectivity index (χ3v) is 10.9. The number of nitriles is 1. The molecule has 0 saturated carbocycles. The minimum absolute atomic E-state index is 0.00144. The molecule has 9 rings (SSSR count). The first kappa shape index (κ1) is 36.9. The molecular weight excluding hydrogens is 717 g/mol. The topological polar surface area (TPSA) is 62.5 Å². The van der Waals surface area contributed by atoms with E-state index in [2.05, 4.69) is 153 Å². The predicted molar refractivity (Wildman–Crippen MR) is 241 cm³/mol. The van der Waals surface area contributed by atoms with Gasteiger partial charge in [-0.25, -0.2) is 15.0 Å². The molecule has 8 aromatic rings.